The molecule has 0 aliphatic carbocycles. The number of hydrogen-bond acceptors (Lipinski definition) is 2. The lowest BCUT2D eigenvalue weighted by molar-refractivity contribution is 0.0930. The molecule has 0 saturated carbocycles. The lowest BCUT2D eigenvalue weighted by atomic mass is 10.0. The number of piperidine rings is 1. The van der Waals surface area contributed by atoms with Crippen LogP contribution in [0.25, 0.3) is 0 Å². The molecule has 0 bridgehead atoms. The number of amides is 1. The Morgan fingerprint density at radius 1 is 1.32 bits per heavy atom. The molecule has 106 valence electrons. The summed E-state index contributed by atoms with van der Waals surface area (Å²) in [6, 6.07) is 8.19. The van der Waals surface area contributed by atoms with Gasteiger partial charge in [0, 0.05) is 18.2 Å². The summed E-state index contributed by atoms with van der Waals surface area (Å²) in [7, 11) is 0. The summed E-state index contributed by atoms with van der Waals surface area (Å²) in [5, 5.41) is 6.38. The summed E-state index contributed by atoms with van der Waals surface area (Å²) in [6.45, 7) is 6.26. The minimum atomic E-state index is 0. The number of carbonyl (C=O) groups excluding carboxylic acids is 1. The van der Waals surface area contributed by atoms with E-state index in [2.05, 4.69) is 24.5 Å². The van der Waals surface area contributed by atoms with Crippen molar-refractivity contribution in [1.82, 2.24) is 10.6 Å². The number of rotatable bonds is 3. The number of benzene rings is 1. The number of hydrogen-bond donors (Lipinski definition) is 2. The average molecular weight is 283 g/mol. The van der Waals surface area contributed by atoms with Gasteiger partial charge in [-0.1, -0.05) is 26.0 Å². The maximum Gasteiger partial charge on any atom is 0.251 e. The van der Waals surface area contributed by atoms with Gasteiger partial charge in [0.1, 0.15) is 0 Å². The van der Waals surface area contributed by atoms with E-state index in [9.17, 15) is 4.79 Å². The molecule has 0 spiro atoms. The quantitative estimate of drug-likeness (QED) is 0.895. The maximum absolute atomic E-state index is 12.1. The normalized spacial score (nSPS) is 18.8. The number of halogens is 1. The largest absolute Gasteiger partial charge is 0.348 e. The summed E-state index contributed by atoms with van der Waals surface area (Å²) in [4.78, 5) is 12.1. The molecule has 19 heavy (non-hydrogen) atoms. The second-order valence-electron chi connectivity index (χ2n) is 5.29. The standard InChI is InChI=1S/C15H22N2O.ClH/c1-11(2)12-5-7-13(8-6-12)15(18)17-14-4-3-9-16-10-14;/h5-8,11,14,16H,3-4,9-10H2,1-2H3,(H,17,18);1H/t14-;/m0./s1. The van der Waals surface area contributed by atoms with E-state index in [1.54, 1.807) is 0 Å². The third kappa shape index (κ3) is 4.51. The van der Waals surface area contributed by atoms with Crippen molar-refractivity contribution in [3.8, 4) is 0 Å². The Labute approximate surface area is 121 Å². The van der Waals surface area contributed by atoms with Crippen LogP contribution in [0.4, 0.5) is 0 Å². The van der Waals surface area contributed by atoms with Crippen LogP contribution in [-0.2, 0) is 0 Å². The van der Waals surface area contributed by atoms with Crippen LogP contribution in [0.3, 0.4) is 0 Å². The zero-order chi connectivity index (χ0) is 13.0. The van der Waals surface area contributed by atoms with Gasteiger partial charge in [-0.2, -0.15) is 0 Å². The Balaban J connectivity index is 0.00000180. The highest BCUT2D eigenvalue weighted by atomic mass is 35.5. The SMILES string of the molecule is CC(C)c1ccc(C(=O)N[C@H]2CCCNC2)cc1.Cl. The van der Waals surface area contributed by atoms with E-state index in [4.69, 9.17) is 0 Å². The fourth-order valence-corrected chi connectivity index (χ4v) is 2.26. The highest BCUT2D eigenvalue weighted by molar-refractivity contribution is 5.94. The molecule has 1 amide bonds. The molecule has 1 aliphatic rings. The van der Waals surface area contributed by atoms with Crippen LogP contribution < -0.4 is 10.6 Å². The first-order chi connectivity index (χ1) is 8.66. The Bertz CT molecular complexity index is 397. The fraction of sp³-hybridized carbons (Fsp3) is 0.533. The monoisotopic (exact) mass is 282 g/mol. The van der Waals surface area contributed by atoms with Gasteiger partial charge in [-0.25, -0.2) is 0 Å². The molecule has 1 atom stereocenters. The van der Waals surface area contributed by atoms with Crippen LogP contribution in [0.2, 0.25) is 0 Å². The van der Waals surface area contributed by atoms with Crippen LogP contribution in [0, 0.1) is 0 Å². The molecule has 1 fully saturated rings. The second-order valence-corrected chi connectivity index (χ2v) is 5.29. The van der Waals surface area contributed by atoms with E-state index >= 15 is 0 Å². The van der Waals surface area contributed by atoms with Gasteiger partial charge in [-0.3, -0.25) is 4.79 Å². The molecule has 2 N–H and O–H groups in total. The molecular formula is C15H23ClN2O. The highest BCUT2D eigenvalue weighted by Crippen LogP contribution is 2.14. The summed E-state index contributed by atoms with van der Waals surface area (Å²) >= 11 is 0. The summed E-state index contributed by atoms with van der Waals surface area (Å²) < 4.78 is 0. The minimum absolute atomic E-state index is 0. The second kappa shape index (κ2) is 7.51. The van der Waals surface area contributed by atoms with Gasteiger partial charge in [0.25, 0.3) is 5.91 Å². The molecule has 2 rings (SSSR count). The first-order valence-electron chi connectivity index (χ1n) is 6.78. The molecule has 1 saturated heterocycles. The average Bonchev–Trinajstić information content (AvgIpc) is 2.40. The molecule has 0 radical (unpaired) electrons. The van der Waals surface area contributed by atoms with Gasteiger partial charge in [0.15, 0.2) is 0 Å². The van der Waals surface area contributed by atoms with Crippen LogP contribution >= 0.6 is 12.4 Å². The topological polar surface area (TPSA) is 41.1 Å². The van der Waals surface area contributed by atoms with Crippen molar-refractivity contribution in [2.24, 2.45) is 0 Å². The van der Waals surface area contributed by atoms with Crippen LogP contribution in [-0.4, -0.2) is 25.0 Å². The van der Waals surface area contributed by atoms with E-state index < -0.39 is 0 Å². The summed E-state index contributed by atoms with van der Waals surface area (Å²) in [5.41, 5.74) is 2.02. The first-order valence-corrected chi connectivity index (χ1v) is 6.78. The lowest BCUT2D eigenvalue weighted by Gasteiger charge is -2.23. The number of nitrogens with one attached hydrogen (secondary N) is 2. The Morgan fingerprint density at radius 2 is 2.00 bits per heavy atom. The molecule has 1 aromatic rings. The van der Waals surface area contributed by atoms with E-state index in [1.165, 1.54) is 5.56 Å². The molecule has 0 unspecified atom stereocenters. The highest BCUT2D eigenvalue weighted by Gasteiger charge is 2.16. The van der Waals surface area contributed by atoms with E-state index in [0.717, 1.165) is 31.5 Å². The molecule has 1 aliphatic heterocycles. The van der Waals surface area contributed by atoms with Crippen molar-refractivity contribution < 1.29 is 4.79 Å². The Hall–Kier alpha value is -1.06. The van der Waals surface area contributed by atoms with Gasteiger partial charge in [0.2, 0.25) is 0 Å². The van der Waals surface area contributed by atoms with Gasteiger partial charge < -0.3 is 10.6 Å². The van der Waals surface area contributed by atoms with E-state index in [1.807, 2.05) is 24.3 Å². The smallest absolute Gasteiger partial charge is 0.251 e. The molecule has 4 heteroatoms. The van der Waals surface area contributed by atoms with E-state index in [-0.39, 0.29) is 24.4 Å². The molecule has 3 nitrogen and oxygen atoms in total. The lowest BCUT2D eigenvalue weighted by Crippen LogP contribution is -2.45. The summed E-state index contributed by atoms with van der Waals surface area (Å²) in [5.74, 6) is 0.545. The van der Waals surface area contributed by atoms with Crippen molar-refractivity contribution in [2.75, 3.05) is 13.1 Å². The Kier molecular flexibility index (Phi) is 6.32. The Morgan fingerprint density at radius 3 is 2.53 bits per heavy atom. The van der Waals surface area contributed by atoms with Crippen molar-refractivity contribution in [1.29, 1.82) is 0 Å². The number of carbonyl (C=O) groups is 1. The molecular weight excluding hydrogens is 260 g/mol. The third-order valence-corrected chi connectivity index (χ3v) is 3.47. The summed E-state index contributed by atoms with van der Waals surface area (Å²) in [6.07, 6.45) is 2.21. The third-order valence-electron chi connectivity index (χ3n) is 3.47. The van der Waals surface area contributed by atoms with Gasteiger partial charge in [-0.15, -0.1) is 12.4 Å². The van der Waals surface area contributed by atoms with Crippen molar-refractivity contribution in [3.05, 3.63) is 35.4 Å². The van der Waals surface area contributed by atoms with Crippen LogP contribution in [0.5, 0.6) is 0 Å². The predicted molar refractivity (Wildman–Crippen MR) is 81.1 cm³/mol. The van der Waals surface area contributed by atoms with Crippen molar-refractivity contribution in [3.63, 3.8) is 0 Å². The van der Waals surface area contributed by atoms with E-state index in [0.29, 0.717) is 5.92 Å². The van der Waals surface area contributed by atoms with Crippen molar-refractivity contribution >= 4 is 18.3 Å². The zero-order valence-corrected chi connectivity index (χ0v) is 12.4. The minimum Gasteiger partial charge on any atom is -0.348 e. The predicted octanol–water partition coefficient (Wildman–Crippen LogP) is 2.71. The van der Waals surface area contributed by atoms with Crippen LogP contribution in [0.1, 0.15) is 48.5 Å². The molecule has 1 aromatic carbocycles. The molecule has 0 aromatic heterocycles. The van der Waals surface area contributed by atoms with Crippen molar-refractivity contribution in [2.45, 2.75) is 38.6 Å². The fourth-order valence-electron chi connectivity index (χ4n) is 2.26. The zero-order valence-electron chi connectivity index (χ0n) is 11.6. The van der Waals surface area contributed by atoms with Crippen LogP contribution in [0.15, 0.2) is 24.3 Å². The molecule has 1 heterocycles. The van der Waals surface area contributed by atoms with Gasteiger partial charge in [-0.05, 0) is 43.0 Å². The van der Waals surface area contributed by atoms with Gasteiger partial charge in [0.05, 0.1) is 0 Å². The first kappa shape index (κ1) is 16.0. The van der Waals surface area contributed by atoms with Gasteiger partial charge >= 0.3 is 0 Å². The maximum atomic E-state index is 12.1.